The van der Waals surface area contributed by atoms with Gasteiger partial charge in [0.15, 0.2) is 0 Å². The summed E-state index contributed by atoms with van der Waals surface area (Å²) < 4.78 is 1.77. The van der Waals surface area contributed by atoms with E-state index in [1.807, 2.05) is 14.0 Å². The van der Waals surface area contributed by atoms with Gasteiger partial charge in [0.25, 0.3) is 0 Å². The van der Waals surface area contributed by atoms with Crippen LogP contribution in [-0.2, 0) is 13.6 Å². The van der Waals surface area contributed by atoms with E-state index >= 15 is 0 Å². The van der Waals surface area contributed by atoms with Crippen LogP contribution in [0.4, 0.5) is 0 Å². The molecule has 3 nitrogen and oxygen atoms in total. The molecule has 0 atom stereocenters. The van der Waals surface area contributed by atoms with Gasteiger partial charge in [0.1, 0.15) is 5.15 Å². The largest absolute Gasteiger partial charge is 0.299 e. The van der Waals surface area contributed by atoms with Crippen LogP contribution >= 0.6 is 11.6 Å². The van der Waals surface area contributed by atoms with Gasteiger partial charge in [0.2, 0.25) is 0 Å². The van der Waals surface area contributed by atoms with Crippen LogP contribution in [0.2, 0.25) is 5.15 Å². The first-order chi connectivity index (χ1) is 9.02. The predicted octanol–water partition coefficient (Wildman–Crippen LogP) is 3.78. The molecule has 1 aliphatic rings. The first-order valence-electron chi connectivity index (χ1n) is 7.41. The Labute approximate surface area is 121 Å². The van der Waals surface area contributed by atoms with Crippen molar-refractivity contribution in [1.82, 2.24) is 14.7 Å². The second-order valence-corrected chi connectivity index (χ2v) is 6.33. The van der Waals surface area contributed by atoms with E-state index in [1.54, 1.807) is 4.68 Å². The number of rotatable bonds is 4. The van der Waals surface area contributed by atoms with E-state index in [2.05, 4.69) is 24.0 Å². The van der Waals surface area contributed by atoms with Crippen LogP contribution in [-0.4, -0.2) is 27.8 Å². The molecular weight excluding hydrogens is 258 g/mol. The molecule has 108 valence electrons. The molecule has 0 N–H and O–H groups in total. The van der Waals surface area contributed by atoms with Crippen molar-refractivity contribution in [2.24, 2.45) is 13.0 Å². The topological polar surface area (TPSA) is 21.1 Å². The van der Waals surface area contributed by atoms with E-state index in [0.717, 1.165) is 23.3 Å². The molecule has 2 rings (SSSR count). The van der Waals surface area contributed by atoms with E-state index in [-0.39, 0.29) is 0 Å². The Bertz CT molecular complexity index is 419. The van der Waals surface area contributed by atoms with Gasteiger partial charge in [-0.3, -0.25) is 9.58 Å². The molecule has 1 saturated carbocycles. The predicted molar refractivity (Wildman–Crippen MR) is 80.5 cm³/mol. The molecule has 0 spiro atoms. The van der Waals surface area contributed by atoms with Crippen molar-refractivity contribution in [1.29, 1.82) is 0 Å². The Kier molecular flexibility index (Phi) is 4.91. The van der Waals surface area contributed by atoms with Gasteiger partial charge < -0.3 is 0 Å². The maximum atomic E-state index is 6.32. The Balaban J connectivity index is 1.96. The van der Waals surface area contributed by atoms with Gasteiger partial charge in [-0.05, 0) is 45.6 Å². The highest BCUT2D eigenvalue weighted by atomic mass is 35.5. The first-order valence-corrected chi connectivity index (χ1v) is 7.78. The van der Waals surface area contributed by atoms with Crippen molar-refractivity contribution in [3.63, 3.8) is 0 Å². The molecule has 4 heteroatoms. The van der Waals surface area contributed by atoms with E-state index in [0.29, 0.717) is 6.04 Å². The fourth-order valence-corrected chi connectivity index (χ4v) is 3.46. The lowest BCUT2D eigenvalue weighted by molar-refractivity contribution is 0.157. The maximum Gasteiger partial charge on any atom is 0.131 e. The zero-order valence-electron chi connectivity index (χ0n) is 12.6. The summed E-state index contributed by atoms with van der Waals surface area (Å²) in [6, 6.07) is 0.707. The molecule has 1 heterocycles. The average molecular weight is 284 g/mol. The van der Waals surface area contributed by atoms with Crippen molar-refractivity contribution in [3.05, 3.63) is 16.4 Å². The third-order valence-electron chi connectivity index (χ3n) is 4.69. The SMILES string of the molecule is CCC1CCC(N(C)Cc2c(C)nn(C)c2Cl)CC1. The summed E-state index contributed by atoms with van der Waals surface area (Å²) in [5.74, 6) is 0.952. The van der Waals surface area contributed by atoms with Crippen molar-refractivity contribution in [2.75, 3.05) is 7.05 Å². The minimum atomic E-state index is 0.707. The zero-order chi connectivity index (χ0) is 14.0. The number of nitrogens with zero attached hydrogens (tertiary/aromatic N) is 3. The van der Waals surface area contributed by atoms with Crippen molar-refractivity contribution in [2.45, 2.75) is 58.5 Å². The van der Waals surface area contributed by atoms with Crippen LogP contribution < -0.4 is 0 Å². The smallest absolute Gasteiger partial charge is 0.131 e. The quantitative estimate of drug-likeness (QED) is 0.838. The summed E-state index contributed by atoms with van der Waals surface area (Å²) in [5, 5.41) is 5.18. The molecule has 0 amide bonds. The molecule has 1 fully saturated rings. The van der Waals surface area contributed by atoms with Crippen molar-refractivity contribution in [3.8, 4) is 0 Å². The van der Waals surface area contributed by atoms with Gasteiger partial charge in [0, 0.05) is 25.2 Å². The fourth-order valence-electron chi connectivity index (χ4n) is 3.23. The fraction of sp³-hybridized carbons (Fsp3) is 0.800. The molecule has 1 aromatic rings. The Morgan fingerprint density at radius 3 is 2.42 bits per heavy atom. The number of hydrogen-bond acceptors (Lipinski definition) is 2. The highest BCUT2D eigenvalue weighted by Crippen LogP contribution is 2.30. The third-order valence-corrected chi connectivity index (χ3v) is 5.17. The lowest BCUT2D eigenvalue weighted by Crippen LogP contribution is -2.34. The van der Waals surface area contributed by atoms with Crippen molar-refractivity contribution >= 4 is 11.6 Å². The maximum absolute atomic E-state index is 6.32. The van der Waals surface area contributed by atoms with E-state index < -0.39 is 0 Å². The van der Waals surface area contributed by atoms with Crippen molar-refractivity contribution < 1.29 is 0 Å². The lowest BCUT2D eigenvalue weighted by Gasteiger charge is -2.34. The molecule has 0 aromatic carbocycles. The second-order valence-electron chi connectivity index (χ2n) is 5.98. The molecule has 1 aromatic heterocycles. The van der Waals surface area contributed by atoms with Gasteiger partial charge >= 0.3 is 0 Å². The van der Waals surface area contributed by atoms with E-state index in [9.17, 15) is 0 Å². The average Bonchev–Trinajstić information content (AvgIpc) is 2.65. The van der Waals surface area contributed by atoms with E-state index in [1.165, 1.54) is 37.7 Å². The molecule has 0 aliphatic heterocycles. The van der Waals surface area contributed by atoms with E-state index in [4.69, 9.17) is 11.6 Å². The first kappa shape index (κ1) is 14.9. The molecular formula is C15H26ClN3. The monoisotopic (exact) mass is 283 g/mol. The number of hydrogen-bond donors (Lipinski definition) is 0. The summed E-state index contributed by atoms with van der Waals surface area (Å²) in [4.78, 5) is 2.46. The third kappa shape index (κ3) is 3.32. The molecule has 0 bridgehead atoms. The lowest BCUT2D eigenvalue weighted by atomic mass is 9.84. The van der Waals surface area contributed by atoms with Crippen LogP contribution in [0, 0.1) is 12.8 Å². The number of halogens is 1. The summed E-state index contributed by atoms with van der Waals surface area (Å²) in [6.07, 6.45) is 6.75. The normalized spacial score (nSPS) is 24.1. The Morgan fingerprint density at radius 2 is 1.95 bits per heavy atom. The zero-order valence-corrected chi connectivity index (χ0v) is 13.4. The van der Waals surface area contributed by atoms with Crippen LogP contribution in [0.3, 0.4) is 0 Å². The molecule has 1 aliphatic carbocycles. The van der Waals surface area contributed by atoms with Gasteiger partial charge in [0.05, 0.1) is 5.69 Å². The Morgan fingerprint density at radius 1 is 1.32 bits per heavy atom. The van der Waals surface area contributed by atoms with Gasteiger partial charge in [-0.2, -0.15) is 5.10 Å². The highest BCUT2D eigenvalue weighted by Gasteiger charge is 2.24. The van der Waals surface area contributed by atoms with Gasteiger partial charge in [-0.15, -0.1) is 0 Å². The molecule has 0 saturated heterocycles. The van der Waals surface area contributed by atoms with Crippen LogP contribution in [0.1, 0.15) is 50.3 Å². The van der Waals surface area contributed by atoms with Gasteiger partial charge in [-0.1, -0.05) is 24.9 Å². The minimum Gasteiger partial charge on any atom is -0.299 e. The number of aryl methyl sites for hydroxylation is 2. The minimum absolute atomic E-state index is 0.707. The van der Waals surface area contributed by atoms with Gasteiger partial charge in [-0.25, -0.2) is 0 Å². The van der Waals surface area contributed by atoms with Crippen LogP contribution in [0.25, 0.3) is 0 Å². The second kappa shape index (κ2) is 6.27. The molecule has 19 heavy (non-hydrogen) atoms. The van der Waals surface area contributed by atoms with Crippen LogP contribution in [0.5, 0.6) is 0 Å². The molecule has 0 unspecified atom stereocenters. The Hall–Kier alpha value is -0.540. The summed E-state index contributed by atoms with van der Waals surface area (Å²) in [7, 11) is 4.13. The summed E-state index contributed by atoms with van der Waals surface area (Å²) in [5.41, 5.74) is 2.24. The summed E-state index contributed by atoms with van der Waals surface area (Å²) >= 11 is 6.32. The highest BCUT2D eigenvalue weighted by molar-refractivity contribution is 6.30. The standard InChI is InChI=1S/C15H26ClN3/c1-5-12-6-8-13(9-7-12)18(3)10-14-11(2)17-19(4)15(14)16/h12-13H,5-10H2,1-4H3. The molecule has 0 radical (unpaired) electrons. The number of aromatic nitrogens is 2. The summed E-state index contributed by atoms with van der Waals surface area (Å²) in [6.45, 7) is 5.27. The van der Waals surface area contributed by atoms with Crippen LogP contribution in [0.15, 0.2) is 0 Å².